The molecule has 1 spiro atoms. The summed E-state index contributed by atoms with van der Waals surface area (Å²) in [5, 5.41) is 6.57. The number of carbonyl (C=O) groups is 1. The molecule has 1 aromatic carbocycles. The molecule has 1 amide bonds. The number of piperidine rings is 1. The summed E-state index contributed by atoms with van der Waals surface area (Å²) in [6.07, 6.45) is 3.38. The zero-order valence-corrected chi connectivity index (χ0v) is 14.7. The monoisotopic (exact) mass is 340 g/mol. The van der Waals surface area contributed by atoms with Crippen LogP contribution in [0.15, 0.2) is 24.3 Å². The number of aryl methyl sites for hydroxylation is 1. The summed E-state index contributed by atoms with van der Waals surface area (Å²) in [4.78, 5) is 20.4. The van der Waals surface area contributed by atoms with E-state index in [1.165, 1.54) is 0 Å². The molecule has 25 heavy (non-hydrogen) atoms. The average Bonchev–Trinajstić information content (AvgIpc) is 3.11. The summed E-state index contributed by atoms with van der Waals surface area (Å²) in [6, 6.07) is 7.95. The third-order valence-corrected chi connectivity index (χ3v) is 5.54. The van der Waals surface area contributed by atoms with Gasteiger partial charge in [0.25, 0.3) is 5.91 Å². The lowest BCUT2D eigenvalue weighted by molar-refractivity contribution is 0.0937. The normalized spacial score (nSPS) is 21.1. The van der Waals surface area contributed by atoms with Crippen LogP contribution in [0.1, 0.15) is 35.4 Å². The molecule has 4 rings (SSSR count). The Labute approximate surface area is 147 Å². The topological polar surface area (TPSA) is 79.0 Å². The van der Waals surface area contributed by atoms with Crippen molar-refractivity contribution >= 4 is 5.91 Å². The Balaban J connectivity index is 1.49. The highest BCUT2D eigenvalue weighted by Crippen LogP contribution is 2.52. The number of aromatic amines is 1. The largest absolute Gasteiger partial charge is 0.497 e. The van der Waals surface area contributed by atoms with Crippen LogP contribution in [0, 0.1) is 12.3 Å². The van der Waals surface area contributed by atoms with Gasteiger partial charge in [0.2, 0.25) is 0 Å². The Bertz CT molecular complexity index is 792. The second kappa shape index (κ2) is 6.19. The van der Waals surface area contributed by atoms with Crippen LogP contribution in [-0.2, 0) is 0 Å². The highest BCUT2D eigenvalue weighted by atomic mass is 16.5. The number of rotatable bonds is 4. The second-order valence-corrected chi connectivity index (χ2v) is 7.13. The fourth-order valence-electron chi connectivity index (χ4n) is 3.84. The van der Waals surface area contributed by atoms with Crippen molar-refractivity contribution in [2.75, 3.05) is 20.2 Å². The molecule has 1 aliphatic heterocycles. The maximum atomic E-state index is 12.7. The molecular weight excluding hydrogens is 316 g/mol. The number of benzene rings is 1. The van der Waals surface area contributed by atoms with Gasteiger partial charge in [0.15, 0.2) is 0 Å². The number of hydrogen-bond acceptors (Lipinski definition) is 4. The summed E-state index contributed by atoms with van der Waals surface area (Å²) in [5.41, 5.74) is 2.49. The predicted octanol–water partition coefficient (Wildman–Crippen LogP) is 2.27. The molecule has 1 saturated heterocycles. The van der Waals surface area contributed by atoms with Gasteiger partial charge in [0.1, 0.15) is 17.3 Å². The molecule has 1 unspecified atom stereocenters. The van der Waals surface area contributed by atoms with Gasteiger partial charge in [0.05, 0.1) is 7.11 Å². The van der Waals surface area contributed by atoms with Crippen LogP contribution >= 0.6 is 0 Å². The van der Waals surface area contributed by atoms with Gasteiger partial charge in [-0.1, -0.05) is 12.1 Å². The van der Waals surface area contributed by atoms with Gasteiger partial charge in [0, 0.05) is 17.3 Å². The number of nitrogens with one attached hydrogen (secondary N) is 3. The van der Waals surface area contributed by atoms with E-state index in [-0.39, 0.29) is 5.91 Å². The van der Waals surface area contributed by atoms with E-state index in [0.29, 0.717) is 23.0 Å². The highest BCUT2D eigenvalue weighted by molar-refractivity contribution is 5.94. The molecule has 2 fully saturated rings. The molecule has 1 aromatic heterocycles. The lowest BCUT2D eigenvalue weighted by Gasteiger charge is -2.23. The Hall–Kier alpha value is -2.34. The minimum atomic E-state index is -0.0803. The lowest BCUT2D eigenvalue weighted by atomic mass is 9.94. The van der Waals surface area contributed by atoms with E-state index in [0.717, 1.165) is 49.4 Å². The fraction of sp³-hybridized carbons (Fsp3) is 0.474. The van der Waals surface area contributed by atoms with Crippen molar-refractivity contribution in [3.8, 4) is 17.1 Å². The first kappa shape index (κ1) is 16.1. The van der Waals surface area contributed by atoms with Gasteiger partial charge in [-0.15, -0.1) is 0 Å². The third-order valence-electron chi connectivity index (χ3n) is 5.54. The SMILES string of the molecule is COc1cccc(-c2nc(C(=O)NC3CC34CCNCC4)c(C)[nH]2)c1. The van der Waals surface area contributed by atoms with Crippen molar-refractivity contribution in [2.24, 2.45) is 5.41 Å². The summed E-state index contributed by atoms with van der Waals surface area (Å²) < 4.78 is 5.26. The van der Waals surface area contributed by atoms with Crippen LogP contribution in [0.3, 0.4) is 0 Å². The number of aromatic nitrogens is 2. The van der Waals surface area contributed by atoms with E-state index >= 15 is 0 Å². The minimum Gasteiger partial charge on any atom is -0.497 e. The Kier molecular flexibility index (Phi) is 4.00. The van der Waals surface area contributed by atoms with E-state index < -0.39 is 0 Å². The van der Waals surface area contributed by atoms with Crippen molar-refractivity contribution in [1.29, 1.82) is 0 Å². The molecular formula is C19H24N4O2. The van der Waals surface area contributed by atoms with Crippen LogP contribution in [0.5, 0.6) is 5.75 Å². The number of imidazole rings is 1. The maximum absolute atomic E-state index is 12.7. The van der Waals surface area contributed by atoms with Crippen molar-refractivity contribution < 1.29 is 9.53 Å². The summed E-state index contributed by atoms with van der Waals surface area (Å²) in [7, 11) is 1.64. The summed E-state index contributed by atoms with van der Waals surface area (Å²) >= 11 is 0. The number of amides is 1. The van der Waals surface area contributed by atoms with Gasteiger partial charge in [-0.3, -0.25) is 4.79 Å². The van der Waals surface area contributed by atoms with Gasteiger partial charge in [-0.2, -0.15) is 0 Å². The number of hydrogen-bond donors (Lipinski definition) is 3. The van der Waals surface area contributed by atoms with E-state index in [2.05, 4.69) is 20.6 Å². The molecule has 1 aliphatic carbocycles. The Morgan fingerprint density at radius 1 is 1.36 bits per heavy atom. The van der Waals surface area contributed by atoms with Crippen molar-refractivity contribution in [3.05, 3.63) is 35.7 Å². The number of methoxy groups -OCH3 is 1. The van der Waals surface area contributed by atoms with Gasteiger partial charge in [-0.05, 0) is 56.8 Å². The summed E-state index contributed by atoms with van der Waals surface area (Å²) in [6.45, 7) is 3.99. The smallest absolute Gasteiger partial charge is 0.272 e. The Morgan fingerprint density at radius 2 is 2.16 bits per heavy atom. The molecule has 2 aliphatic rings. The molecule has 0 radical (unpaired) electrons. The van der Waals surface area contributed by atoms with Crippen LogP contribution in [0.25, 0.3) is 11.4 Å². The van der Waals surface area contributed by atoms with Crippen LogP contribution < -0.4 is 15.4 Å². The zero-order chi connectivity index (χ0) is 17.4. The first-order chi connectivity index (χ1) is 12.1. The standard InChI is InChI=1S/C19H24N4O2/c1-12-16(18(24)22-15-11-19(15)6-8-20-9-7-19)23-17(21-12)13-4-3-5-14(10-13)25-2/h3-5,10,15,20H,6-9,11H2,1-2H3,(H,21,23)(H,22,24). The van der Waals surface area contributed by atoms with Gasteiger partial charge >= 0.3 is 0 Å². The molecule has 1 saturated carbocycles. The molecule has 2 aromatic rings. The molecule has 3 N–H and O–H groups in total. The zero-order valence-electron chi connectivity index (χ0n) is 14.7. The molecule has 6 nitrogen and oxygen atoms in total. The van der Waals surface area contributed by atoms with Crippen molar-refractivity contribution in [1.82, 2.24) is 20.6 Å². The minimum absolute atomic E-state index is 0.0803. The van der Waals surface area contributed by atoms with Crippen LogP contribution in [0.4, 0.5) is 0 Å². The van der Waals surface area contributed by atoms with Crippen LogP contribution in [-0.4, -0.2) is 42.1 Å². The molecule has 132 valence electrons. The van der Waals surface area contributed by atoms with E-state index in [1.54, 1.807) is 7.11 Å². The highest BCUT2D eigenvalue weighted by Gasteiger charge is 2.54. The van der Waals surface area contributed by atoms with E-state index in [4.69, 9.17) is 4.74 Å². The van der Waals surface area contributed by atoms with Crippen molar-refractivity contribution in [3.63, 3.8) is 0 Å². The first-order valence-electron chi connectivity index (χ1n) is 8.84. The number of ether oxygens (including phenoxy) is 1. The molecule has 2 heterocycles. The number of carbonyl (C=O) groups excluding carboxylic acids is 1. The van der Waals surface area contributed by atoms with Crippen molar-refractivity contribution in [2.45, 2.75) is 32.2 Å². The van der Waals surface area contributed by atoms with Gasteiger partial charge in [-0.25, -0.2) is 4.98 Å². The Morgan fingerprint density at radius 3 is 2.92 bits per heavy atom. The molecule has 0 bridgehead atoms. The maximum Gasteiger partial charge on any atom is 0.272 e. The fourth-order valence-corrected chi connectivity index (χ4v) is 3.84. The van der Waals surface area contributed by atoms with Gasteiger partial charge < -0.3 is 20.4 Å². The lowest BCUT2D eigenvalue weighted by Crippen LogP contribution is -2.36. The first-order valence-corrected chi connectivity index (χ1v) is 8.84. The average molecular weight is 340 g/mol. The second-order valence-electron chi connectivity index (χ2n) is 7.13. The quantitative estimate of drug-likeness (QED) is 0.798. The van der Waals surface area contributed by atoms with E-state index in [1.807, 2.05) is 31.2 Å². The van der Waals surface area contributed by atoms with Crippen LogP contribution in [0.2, 0.25) is 0 Å². The summed E-state index contributed by atoms with van der Waals surface area (Å²) in [5.74, 6) is 1.38. The molecule has 1 atom stereocenters. The predicted molar refractivity (Wildman–Crippen MR) is 95.7 cm³/mol. The number of nitrogens with zero attached hydrogens (tertiary/aromatic N) is 1. The van der Waals surface area contributed by atoms with E-state index in [9.17, 15) is 4.79 Å². The third kappa shape index (κ3) is 3.02. The number of H-pyrrole nitrogens is 1. The molecule has 6 heteroatoms.